The van der Waals surface area contributed by atoms with Gasteiger partial charge in [0.25, 0.3) is 5.56 Å². The molecule has 1 saturated carbocycles. The van der Waals surface area contributed by atoms with Crippen molar-refractivity contribution in [2.75, 3.05) is 0 Å². The predicted octanol–water partition coefficient (Wildman–Crippen LogP) is 0.709. The number of fused-ring (bicyclic) bond motifs is 1. The molecular formula is C11H10N6O. The van der Waals surface area contributed by atoms with Crippen molar-refractivity contribution in [3.63, 3.8) is 0 Å². The molecule has 0 bridgehead atoms. The first kappa shape index (κ1) is 9.58. The Bertz CT molecular complexity index is 778. The van der Waals surface area contributed by atoms with Gasteiger partial charge >= 0.3 is 0 Å². The summed E-state index contributed by atoms with van der Waals surface area (Å²) in [6, 6.07) is 1.64. The fraction of sp³-hybridized carbons (Fsp3) is 0.273. The highest BCUT2D eigenvalue weighted by atomic mass is 16.1. The minimum absolute atomic E-state index is 0.105. The van der Waals surface area contributed by atoms with Gasteiger partial charge in [-0.25, -0.2) is 15.0 Å². The number of aromatic nitrogens is 6. The summed E-state index contributed by atoms with van der Waals surface area (Å²) in [7, 11) is 0. The molecular weight excluding hydrogens is 232 g/mol. The molecule has 0 atom stereocenters. The topological polar surface area (TPSA) is 92.2 Å². The number of nitrogens with one attached hydrogen (secondary N) is 2. The third-order valence-corrected chi connectivity index (χ3v) is 3.17. The fourth-order valence-corrected chi connectivity index (χ4v) is 2.10. The van der Waals surface area contributed by atoms with Crippen molar-refractivity contribution < 1.29 is 0 Å². The van der Waals surface area contributed by atoms with E-state index in [4.69, 9.17) is 0 Å². The lowest BCUT2D eigenvalue weighted by Crippen LogP contribution is -2.15. The zero-order valence-electron chi connectivity index (χ0n) is 9.42. The Morgan fingerprint density at radius 3 is 3.00 bits per heavy atom. The van der Waals surface area contributed by atoms with Gasteiger partial charge in [0.05, 0.1) is 6.33 Å². The molecule has 2 N–H and O–H groups in total. The number of hydrogen-bond acceptors (Lipinski definition) is 4. The summed E-state index contributed by atoms with van der Waals surface area (Å²) in [5.41, 5.74) is 2.08. The number of imidazole rings is 1. The molecule has 1 fully saturated rings. The molecule has 0 spiro atoms. The van der Waals surface area contributed by atoms with Gasteiger partial charge in [0.15, 0.2) is 11.5 Å². The zero-order chi connectivity index (χ0) is 12.1. The van der Waals surface area contributed by atoms with Crippen molar-refractivity contribution >= 4 is 11.2 Å². The number of nitrogens with zero attached hydrogens (tertiary/aromatic N) is 4. The van der Waals surface area contributed by atoms with Gasteiger partial charge < -0.3 is 4.98 Å². The Hall–Kier alpha value is -2.44. The van der Waals surface area contributed by atoms with Crippen molar-refractivity contribution in [3.05, 3.63) is 34.8 Å². The average molecular weight is 242 g/mol. The van der Waals surface area contributed by atoms with Crippen LogP contribution in [0.15, 0.2) is 23.5 Å². The molecule has 0 saturated heterocycles. The van der Waals surface area contributed by atoms with Crippen LogP contribution in [0.3, 0.4) is 0 Å². The summed E-state index contributed by atoms with van der Waals surface area (Å²) in [5, 5.41) is 3.11. The molecule has 7 nitrogen and oxygen atoms in total. The maximum atomic E-state index is 12.0. The van der Waals surface area contributed by atoms with Crippen LogP contribution in [-0.4, -0.2) is 29.7 Å². The molecule has 7 heteroatoms. The van der Waals surface area contributed by atoms with E-state index in [1.165, 1.54) is 11.0 Å². The first-order chi connectivity index (χ1) is 8.83. The fourth-order valence-electron chi connectivity index (χ4n) is 2.10. The van der Waals surface area contributed by atoms with Gasteiger partial charge in [-0.3, -0.25) is 9.89 Å². The molecule has 0 unspecified atom stereocenters. The van der Waals surface area contributed by atoms with E-state index in [-0.39, 0.29) is 5.56 Å². The van der Waals surface area contributed by atoms with E-state index in [1.807, 2.05) is 0 Å². The van der Waals surface area contributed by atoms with Crippen LogP contribution in [0.5, 0.6) is 0 Å². The third-order valence-electron chi connectivity index (χ3n) is 3.17. The first-order valence-electron chi connectivity index (χ1n) is 5.79. The standard InChI is InChI=1S/C11H10N6O/c18-8-3-7(6-1-2-6)16-17(8)11-9-10(13-4-12-9)14-5-15-11/h3-6,16H,1-2H2,(H,12,13,14,15). The van der Waals surface area contributed by atoms with Crippen molar-refractivity contribution in [2.45, 2.75) is 18.8 Å². The summed E-state index contributed by atoms with van der Waals surface area (Å²) in [6.45, 7) is 0. The molecule has 0 amide bonds. The number of rotatable bonds is 2. The highest BCUT2D eigenvalue weighted by Crippen LogP contribution is 2.38. The highest BCUT2D eigenvalue weighted by molar-refractivity contribution is 5.77. The second-order valence-corrected chi connectivity index (χ2v) is 4.46. The van der Waals surface area contributed by atoms with Crippen LogP contribution in [0.1, 0.15) is 24.5 Å². The number of hydrogen-bond donors (Lipinski definition) is 2. The summed E-state index contributed by atoms with van der Waals surface area (Å²) < 4.78 is 1.44. The van der Waals surface area contributed by atoms with Crippen molar-refractivity contribution in [2.24, 2.45) is 0 Å². The van der Waals surface area contributed by atoms with Crippen LogP contribution in [0.25, 0.3) is 17.0 Å². The SMILES string of the molecule is O=c1cc(C2CC2)[nH]n1-c1ncnc2nc[nH]c12. The number of H-pyrrole nitrogens is 2. The van der Waals surface area contributed by atoms with Crippen molar-refractivity contribution in [3.8, 4) is 5.82 Å². The molecule has 1 aliphatic carbocycles. The van der Waals surface area contributed by atoms with Gasteiger partial charge in [-0.1, -0.05) is 0 Å². The molecule has 90 valence electrons. The normalized spacial score (nSPS) is 15.3. The minimum atomic E-state index is -0.105. The van der Waals surface area contributed by atoms with E-state index in [9.17, 15) is 4.79 Å². The Morgan fingerprint density at radius 2 is 2.17 bits per heavy atom. The molecule has 18 heavy (non-hydrogen) atoms. The molecule has 3 aromatic heterocycles. The molecule has 1 aliphatic rings. The maximum Gasteiger partial charge on any atom is 0.272 e. The van der Waals surface area contributed by atoms with Gasteiger partial charge in [0.2, 0.25) is 0 Å². The zero-order valence-corrected chi connectivity index (χ0v) is 9.42. The van der Waals surface area contributed by atoms with Crippen LogP contribution in [0.2, 0.25) is 0 Å². The molecule has 3 aromatic rings. The second-order valence-electron chi connectivity index (χ2n) is 4.46. The molecule has 4 rings (SSSR count). The molecule has 3 heterocycles. The first-order valence-corrected chi connectivity index (χ1v) is 5.79. The minimum Gasteiger partial charge on any atom is -0.340 e. The summed E-state index contributed by atoms with van der Waals surface area (Å²) >= 11 is 0. The van der Waals surface area contributed by atoms with Gasteiger partial charge in [0, 0.05) is 17.7 Å². The van der Waals surface area contributed by atoms with Crippen molar-refractivity contribution in [1.82, 2.24) is 29.7 Å². The van der Waals surface area contributed by atoms with E-state index in [0.717, 1.165) is 18.5 Å². The predicted molar refractivity (Wildman–Crippen MR) is 63.6 cm³/mol. The van der Waals surface area contributed by atoms with Crippen LogP contribution >= 0.6 is 0 Å². The quantitative estimate of drug-likeness (QED) is 0.692. The lowest BCUT2D eigenvalue weighted by atomic mass is 10.3. The van der Waals surface area contributed by atoms with E-state index < -0.39 is 0 Å². The average Bonchev–Trinajstić information content (AvgIpc) is 2.98. The largest absolute Gasteiger partial charge is 0.340 e. The maximum absolute atomic E-state index is 12.0. The molecule has 0 aliphatic heterocycles. The van der Waals surface area contributed by atoms with Crippen LogP contribution in [-0.2, 0) is 0 Å². The van der Waals surface area contributed by atoms with Gasteiger partial charge in [-0.05, 0) is 12.8 Å². The van der Waals surface area contributed by atoms with Gasteiger partial charge in [-0.15, -0.1) is 0 Å². The van der Waals surface area contributed by atoms with Crippen LogP contribution in [0.4, 0.5) is 0 Å². The van der Waals surface area contributed by atoms with E-state index in [2.05, 4.69) is 25.0 Å². The smallest absolute Gasteiger partial charge is 0.272 e. The summed E-state index contributed by atoms with van der Waals surface area (Å²) in [4.78, 5) is 27.2. The van der Waals surface area contributed by atoms with Gasteiger partial charge in [0.1, 0.15) is 11.8 Å². The van der Waals surface area contributed by atoms with Crippen LogP contribution < -0.4 is 5.56 Å². The lowest BCUT2D eigenvalue weighted by Gasteiger charge is -2.01. The third kappa shape index (κ3) is 1.30. The molecule has 0 aromatic carbocycles. The van der Waals surface area contributed by atoms with E-state index in [0.29, 0.717) is 22.9 Å². The molecule has 0 radical (unpaired) electrons. The Labute approximate surface area is 101 Å². The monoisotopic (exact) mass is 242 g/mol. The summed E-state index contributed by atoms with van der Waals surface area (Å²) in [6.07, 6.45) is 5.23. The second kappa shape index (κ2) is 3.28. The van der Waals surface area contributed by atoms with Crippen LogP contribution in [0, 0.1) is 0 Å². The highest BCUT2D eigenvalue weighted by Gasteiger charge is 2.26. The summed E-state index contributed by atoms with van der Waals surface area (Å²) in [5.74, 6) is 1.01. The Kier molecular flexibility index (Phi) is 1.75. The van der Waals surface area contributed by atoms with E-state index >= 15 is 0 Å². The van der Waals surface area contributed by atoms with E-state index in [1.54, 1.807) is 12.4 Å². The lowest BCUT2D eigenvalue weighted by molar-refractivity contribution is 0.794. The number of aromatic amines is 2. The Balaban J connectivity index is 1.96. The van der Waals surface area contributed by atoms with Crippen molar-refractivity contribution in [1.29, 1.82) is 0 Å². The Morgan fingerprint density at radius 1 is 1.28 bits per heavy atom. The van der Waals surface area contributed by atoms with Gasteiger partial charge in [-0.2, -0.15) is 4.68 Å².